The third-order valence-corrected chi connectivity index (χ3v) is 2.82. The SMILES string of the molecule is CC(=O)N1CC[C@H](Oc2nc(C)cc(C)n2)C1. The number of hydrogen-bond donors (Lipinski definition) is 0. The van der Waals surface area contributed by atoms with Crippen molar-refractivity contribution in [1.29, 1.82) is 0 Å². The molecule has 1 saturated heterocycles. The first-order valence-corrected chi connectivity index (χ1v) is 5.79. The average Bonchev–Trinajstić information content (AvgIpc) is 2.64. The first-order chi connectivity index (χ1) is 8.04. The van der Waals surface area contributed by atoms with Crippen molar-refractivity contribution in [2.24, 2.45) is 0 Å². The van der Waals surface area contributed by atoms with Gasteiger partial charge in [0.15, 0.2) is 0 Å². The molecule has 0 bridgehead atoms. The van der Waals surface area contributed by atoms with E-state index in [0.29, 0.717) is 12.6 Å². The van der Waals surface area contributed by atoms with Gasteiger partial charge in [0, 0.05) is 31.3 Å². The van der Waals surface area contributed by atoms with Gasteiger partial charge in [-0.2, -0.15) is 0 Å². The van der Waals surface area contributed by atoms with Crippen LogP contribution in [0.3, 0.4) is 0 Å². The zero-order valence-electron chi connectivity index (χ0n) is 10.4. The van der Waals surface area contributed by atoms with Gasteiger partial charge in [0.05, 0.1) is 6.54 Å². The Labute approximate surface area is 101 Å². The van der Waals surface area contributed by atoms with Crippen molar-refractivity contribution in [3.63, 3.8) is 0 Å². The average molecular weight is 235 g/mol. The maximum atomic E-state index is 11.2. The molecular weight excluding hydrogens is 218 g/mol. The quantitative estimate of drug-likeness (QED) is 0.770. The van der Waals surface area contributed by atoms with Gasteiger partial charge in [-0.1, -0.05) is 0 Å². The van der Waals surface area contributed by atoms with Gasteiger partial charge in [-0.3, -0.25) is 4.79 Å². The third kappa shape index (κ3) is 2.93. The fraction of sp³-hybridized carbons (Fsp3) is 0.583. The lowest BCUT2D eigenvalue weighted by Gasteiger charge is -2.14. The highest BCUT2D eigenvalue weighted by Crippen LogP contribution is 2.15. The van der Waals surface area contributed by atoms with Crippen molar-refractivity contribution in [3.05, 3.63) is 17.5 Å². The van der Waals surface area contributed by atoms with E-state index in [9.17, 15) is 4.79 Å². The molecule has 1 aliphatic rings. The molecule has 0 saturated carbocycles. The number of likely N-dealkylation sites (tertiary alicyclic amines) is 1. The van der Waals surface area contributed by atoms with Crippen LogP contribution < -0.4 is 4.74 Å². The molecule has 2 rings (SSSR count). The normalized spacial score (nSPS) is 19.5. The maximum absolute atomic E-state index is 11.2. The minimum absolute atomic E-state index is 0.0140. The molecule has 0 N–H and O–H groups in total. The lowest BCUT2D eigenvalue weighted by Crippen LogP contribution is -2.29. The first kappa shape index (κ1) is 11.8. The Morgan fingerprint density at radius 2 is 2.06 bits per heavy atom. The monoisotopic (exact) mass is 235 g/mol. The first-order valence-electron chi connectivity index (χ1n) is 5.79. The summed E-state index contributed by atoms with van der Waals surface area (Å²) in [6.45, 7) is 6.79. The van der Waals surface area contributed by atoms with Gasteiger partial charge in [-0.25, -0.2) is 9.97 Å². The van der Waals surface area contributed by atoms with Crippen LogP contribution in [-0.4, -0.2) is 40.0 Å². The van der Waals surface area contributed by atoms with Crippen LogP contribution in [0.25, 0.3) is 0 Å². The van der Waals surface area contributed by atoms with E-state index < -0.39 is 0 Å². The van der Waals surface area contributed by atoms with E-state index in [-0.39, 0.29) is 12.0 Å². The van der Waals surface area contributed by atoms with Gasteiger partial charge < -0.3 is 9.64 Å². The molecule has 17 heavy (non-hydrogen) atoms. The van der Waals surface area contributed by atoms with E-state index in [1.165, 1.54) is 0 Å². The summed E-state index contributed by atoms with van der Waals surface area (Å²) in [6, 6.07) is 2.32. The van der Waals surface area contributed by atoms with Crippen molar-refractivity contribution >= 4 is 5.91 Å². The van der Waals surface area contributed by atoms with Crippen molar-refractivity contribution in [2.45, 2.75) is 33.3 Å². The van der Waals surface area contributed by atoms with E-state index in [2.05, 4.69) is 9.97 Å². The molecular formula is C12H17N3O2. The molecule has 0 aromatic carbocycles. The molecule has 0 unspecified atom stereocenters. The number of nitrogens with zero attached hydrogens (tertiary/aromatic N) is 3. The summed E-state index contributed by atoms with van der Waals surface area (Å²) >= 11 is 0. The number of hydrogen-bond acceptors (Lipinski definition) is 4. The van der Waals surface area contributed by atoms with Crippen LogP contribution in [0.2, 0.25) is 0 Å². The Kier molecular flexibility index (Phi) is 3.26. The molecule has 1 atom stereocenters. The standard InChI is InChI=1S/C12H17N3O2/c1-8-6-9(2)14-12(13-8)17-11-4-5-15(7-11)10(3)16/h6,11H,4-5,7H2,1-3H3/t11-/m0/s1. The van der Waals surface area contributed by atoms with Crippen LogP contribution in [-0.2, 0) is 4.79 Å². The highest BCUT2D eigenvalue weighted by molar-refractivity contribution is 5.73. The number of rotatable bonds is 2. The summed E-state index contributed by atoms with van der Waals surface area (Å²) < 4.78 is 5.70. The fourth-order valence-corrected chi connectivity index (χ4v) is 2.01. The Morgan fingerprint density at radius 3 is 2.59 bits per heavy atom. The summed E-state index contributed by atoms with van der Waals surface area (Å²) in [6.07, 6.45) is 0.857. The van der Waals surface area contributed by atoms with Crippen molar-refractivity contribution in [2.75, 3.05) is 13.1 Å². The largest absolute Gasteiger partial charge is 0.458 e. The lowest BCUT2D eigenvalue weighted by molar-refractivity contribution is -0.128. The lowest BCUT2D eigenvalue weighted by atomic mass is 10.3. The molecule has 1 aromatic heterocycles. The topological polar surface area (TPSA) is 55.3 Å². The van der Waals surface area contributed by atoms with Gasteiger partial charge in [0.2, 0.25) is 5.91 Å². The Balaban J connectivity index is 2.00. The number of aromatic nitrogens is 2. The molecule has 1 amide bonds. The van der Waals surface area contributed by atoms with Gasteiger partial charge in [0.1, 0.15) is 6.10 Å². The number of carbonyl (C=O) groups excluding carboxylic acids is 1. The van der Waals surface area contributed by atoms with Crippen molar-refractivity contribution < 1.29 is 9.53 Å². The van der Waals surface area contributed by atoms with Gasteiger partial charge >= 0.3 is 6.01 Å². The molecule has 0 aliphatic carbocycles. The number of carbonyl (C=O) groups is 1. The molecule has 92 valence electrons. The molecule has 0 spiro atoms. The Bertz CT molecular complexity index is 414. The van der Waals surface area contributed by atoms with Gasteiger partial charge in [-0.05, 0) is 19.9 Å². The van der Waals surface area contributed by atoms with Crippen LogP contribution >= 0.6 is 0 Å². The van der Waals surface area contributed by atoms with E-state index in [1.54, 1.807) is 11.8 Å². The van der Waals surface area contributed by atoms with Crippen LogP contribution in [0.5, 0.6) is 6.01 Å². The van der Waals surface area contributed by atoms with E-state index in [1.807, 2.05) is 19.9 Å². The minimum Gasteiger partial charge on any atom is -0.458 e. The number of ether oxygens (including phenoxy) is 1. The van der Waals surface area contributed by atoms with Gasteiger partial charge in [0.25, 0.3) is 0 Å². The highest BCUT2D eigenvalue weighted by Gasteiger charge is 2.26. The molecule has 1 aliphatic heterocycles. The molecule has 1 fully saturated rings. The van der Waals surface area contributed by atoms with Crippen LogP contribution in [0.1, 0.15) is 24.7 Å². The summed E-state index contributed by atoms with van der Waals surface area (Å²) in [4.78, 5) is 21.4. The number of aryl methyl sites for hydroxylation is 2. The zero-order chi connectivity index (χ0) is 12.4. The highest BCUT2D eigenvalue weighted by atomic mass is 16.5. The molecule has 1 aromatic rings. The fourth-order valence-electron chi connectivity index (χ4n) is 2.01. The Hall–Kier alpha value is -1.65. The summed E-state index contributed by atoms with van der Waals surface area (Å²) in [7, 11) is 0. The molecule has 0 radical (unpaired) electrons. The third-order valence-electron chi connectivity index (χ3n) is 2.82. The van der Waals surface area contributed by atoms with Crippen molar-refractivity contribution in [3.8, 4) is 6.01 Å². The second-order valence-corrected chi connectivity index (χ2v) is 4.43. The zero-order valence-corrected chi connectivity index (χ0v) is 10.4. The molecule has 5 heteroatoms. The molecule has 2 heterocycles. The minimum atomic E-state index is 0.0140. The predicted octanol–water partition coefficient (Wildman–Crippen LogP) is 1.09. The second kappa shape index (κ2) is 4.69. The summed E-state index contributed by atoms with van der Waals surface area (Å²) in [5.41, 5.74) is 1.79. The Morgan fingerprint density at radius 1 is 1.41 bits per heavy atom. The van der Waals surface area contributed by atoms with Crippen LogP contribution in [0.4, 0.5) is 0 Å². The maximum Gasteiger partial charge on any atom is 0.317 e. The second-order valence-electron chi connectivity index (χ2n) is 4.43. The predicted molar refractivity (Wildman–Crippen MR) is 62.8 cm³/mol. The van der Waals surface area contributed by atoms with Crippen LogP contribution in [0.15, 0.2) is 6.07 Å². The van der Waals surface area contributed by atoms with Crippen molar-refractivity contribution in [1.82, 2.24) is 14.9 Å². The van der Waals surface area contributed by atoms with E-state index in [0.717, 1.165) is 24.4 Å². The van der Waals surface area contributed by atoms with Gasteiger partial charge in [-0.15, -0.1) is 0 Å². The number of amides is 1. The van der Waals surface area contributed by atoms with Crippen LogP contribution in [0, 0.1) is 13.8 Å². The van der Waals surface area contributed by atoms with E-state index >= 15 is 0 Å². The smallest absolute Gasteiger partial charge is 0.317 e. The van der Waals surface area contributed by atoms with E-state index in [4.69, 9.17) is 4.74 Å². The summed E-state index contributed by atoms with van der Waals surface area (Å²) in [5.74, 6) is 0.0949. The summed E-state index contributed by atoms with van der Waals surface area (Å²) in [5, 5.41) is 0. The molecule has 5 nitrogen and oxygen atoms in total.